The predicted octanol–water partition coefficient (Wildman–Crippen LogP) is 3.57. The van der Waals surface area contributed by atoms with E-state index in [4.69, 9.17) is 38.5 Å². The second-order valence-corrected chi connectivity index (χ2v) is 13.0. The number of carboxylic acids is 1. The molecule has 45 heavy (non-hydrogen) atoms. The van der Waals surface area contributed by atoms with Crippen LogP contribution in [0.25, 0.3) is 0 Å². The number of fused-ring (bicyclic) bond motifs is 1. The molecule has 0 bridgehead atoms. The maximum atomic E-state index is 13.3. The highest BCUT2D eigenvalue weighted by Crippen LogP contribution is 2.44. The minimum atomic E-state index is -1.47. The quantitative estimate of drug-likeness (QED) is 0.117. The lowest BCUT2D eigenvalue weighted by Gasteiger charge is -2.53. The third-order valence-corrected chi connectivity index (χ3v) is 9.42. The summed E-state index contributed by atoms with van der Waals surface area (Å²) >= 11 is 13.7. The van der Waals surface area contributed by atoms with Gasteiger partial charge in [-0.25, -0.2) is 9.78 Å². The third kappa shape index (κ3) is 7.25. The number of carbonyl (C=O) groups is 4. The summed E-state index contributed by atoms with van der Waals surface area (Å²) in [6.45, 7) is -0.801. The lowest BCUT2D eigenvalue weighted by atomic mass is 9.87. The average Bonchev–Trinajstić information content (AvgIpc) is 3.46. The summed E-state index contributed by atoms with van der Waals surface area (Å²) in [5.41, 5.74) is 5.54. The normalized spacial score (nSPS) is 20.9. The highest BCUT2D eigenvalue weighted by molar-refractivity contribution is 8.00. The summed E-state index contributed by atoms with van der Waals surface area (Å²) in [7, 11) is 0. The van der Waals surface area contributed by atoms with E-state index in [-0.39, 0.29) is 33.3 Å². The minimum absolute atomic E-state index is 0.0633. The van der Waals surface area contributed by atoms with Crippen molar-refractivity contribution >= 4 is 80.9 Å². The van der Waals surface area contributed by atoms with Gasteiger partial charge in [-0.1, -0.05) is 89.0 Å². The van der Waals surface area contributed by atoms with Crippen LogP contribution in [0.2, 0.25) is 0 Å². The molecule has 2 unspecified atom stereocenters. The molecule has 0 aliphatic carbocycles. The van der Waals surface area contributed by atoms with Crippen LogP contribution >= 0.6 is 46.3 Å². The highest BCUT2D eigenvalue weighted by Gasteiger charge is 2.57. The first kappa shape index (κ1) is 32.3. The van der Waals surface area contributed by atoms with E-state index in [1.165, 1.54) is 16.4 Å². The summed E-state index contributed by atoms with van der Waals surface area (Å²) in [5.74, 6) is -3.17. The number of nitrogen functional groups attached to an aromatic ring is 1. The Kier molecular flexibility index (Phi) is 9.97. The van der Waals surface area contributed by atoms with E-state index in [9.17, 15) is 24.3 Å². The molecule has 2 aromatic carbocycles. The van der Waals surface area contributed by atoms with Crippen molar-refractivity contribution in [2.24, 2.45) is 10.6 Å². The number of aliphatic carboxylic acids is 1. The van der Waals surface area contributed by atoms with Crippen molar-refractivity contribution in [2.75, 3.05) is 24.6 Å². The van der Waals surface area contributed by atoms with Crippen LogP contribution in [-0.4, -0.2) is 74.8 Å². The lowest BCUT2D eigenvalue weighted by molar-refractivity contribution is -0.156. The fraction of sp³-hybridized carbons (Fsp3) is 0.241. The van der Waals surface area contributed by atoms with Gasteiger partial charge in [-0.2, -0.15) is 0 Å². The fourth-order valence-electron chi connectivity index (χ4n) is 4.79. The molecule has 3 aromatic rings. The number of rotatable bonds is 11. The van der Waals surface area contributed by atoms with Crippen LogP contribution in [0.4, 0.5) is 5.13 Å². The molecular weight excluding hydrogens is 665 g/mol. The topological polar surface area (TPSA) is 174 Å². The molecule has 0 spiro atoms. The van der Waals surface area contributed by atoms with Gasteiger partial charge in [0.15, 0.2) is 16.9 Å². The van der Waals surface area contributed by atoms with E-state index in [1.807, 2.05) is 60.7 Å². The number of oxime groups is 1. The van der Waals surface area contributed by atoms with Gasteiger partial charge in [0, 0.05) is 17.7 Å². The molecule has 2 aliphatic heterocycles. The monoisotopic (exact) mass is 689 g/mol. The Morgan fingerprint density at radius 1 is 1.16 bits per heavy atom. The zero-order chi connectivity index (χ0) is 32.1. The van der Waals surface area contributed by atoms with Crippen molar-refractivity contribution in [1.29, 1.82) is 0 Å². The van der Waals surface area contributed by atoms with E-state index in [1.54, 1.807) is 0 Å². The number of nitrogens with one attached hydrogen (secondary N) is 1. The van der Waals surface area contributed by atoms with Gasteiger partial charge < -0.3 is 30.6 Å². The first-order valence-electron chi connectivity index (χ1n) is 13.3. The molecule has 0 radical (unpaired) electrons. The van der Waals surface area contributed by atoms with Crippen LogP contribution in [0, 0.1) is 5.41 Å². The number of ether oxygens (including phenoxy) is 1. The molecule has 5 rings (SSSR count). The maximum absolute atomic E-state index is 13.3. The number of nitrogens with two attached hydrogens (primary N) is 1. The molecule has 3 heterocycles. The van der Waals surface area contributed by atoms with E-state index in [2.05, 4.69) is 15.5 Å². The summed E-state index contributed by atoms with van der Waals surface area (Å²) in [6.07, 6.45) is 0.493. The molecule has 2 fully saturated rings. The highest BCUT2D eigenvalue weighted by atomic mass is 35.5. The van der Waals surface area contributed by atoms with Crippen LogP contribution in [0.5, 0.6) is 0 Å². The Morgan fingerprint density at radius 2 is 1.80 bits per heavy atom. The van der Waals surface area contributed by atoms with Gasteiger partial charge in [0.1, 0.15) is 27.0 Å². The molecule has 234 valence electrons. The molecular formula is C29H25Cl2N5O7S2. The molecule has 2 amide bonds. The Hall–Kier alpha value is -4.11. The summed E-state index contributed by atoms with van der Waals surface area (Å²) in [4.78, 5) is 61.8. The summed E-state index contributed by atoms with van der Waals surface area (Å²) < 4.78 is 5.49. The molecule has 0 saturated carbocycles. The molecule has 4 N–H and O–H groups in total. The Bertz CT molecular complexity index is 1610. The standard InChI is InChI=1S/C29H25Cl2N5O7S2/c30-19(31)11-29(27(40)41)14-36-25(39)22(26(36)45-15-29)34-24(38)21(18-13-44-28(32)33-18)35-42-12-20(37)43-23(16-7-3-1-4-8-16)17-9-5-2-6-10-17/h1-11,13,22-23,26H,12,14-15H2,(H2,32,33)(H,34,38)(H,40,41)/t22?,26-,29?/m1/s1. The van der Waals surface area contributed by atoms with Crippen LogP contribution in [-0.2, 0) is 28.8 Å². The van der Waals surface area contributed by atoms with E-state index >= 15 is 0 Å². The number of halogens is 2. The zero-order valence-electron chi connectivity index (χ0n) is 23.2. The van der Waals surface area contributed by atoms with E-state index in [0.717, 1.165) is 34.2 Å². The second kappa shape index (κ2) is 13.9. The largest absolute Gasteiger partial charge is 0.481 e. The van der Waals surface area contributed by atoms with Gasteiger partial charge in [0.05, 0.1) is 0 Å². The number of benzene rings is 2. The van der Waals surface area contributed by atoms with Crippen molar-refractivity contribution in [3.8, 4) is 0 Å². The molecule has 12 nitrogen and oxygen atoms in total. The number of hydrogen-bond acceptors (Lipinski definition) is 11. The molecule has 3 atom stereocenters. The SMILES string of the molecule is Nc1nc(C(=NOCC(=O)OC(c2ccccc2)c2ccccc2)C(=O)NC2C(=O)N3CC(C=C(Cl)Cl)(C(=O)O)CS[C@H]23)cs1. The molecule has 16 heteroatoms. The fourth-order valence-corrected chi connectivity index (χ4v) is 7.26. The van der Waals surface area contributed by atoms with Gasteiger partial charge in [-0.05, 0) is 17.2 Å². The minimum Gasteiger partial charge on any atom is -0.481 e. The summed E-state index contributed by atoms with van der Waals surface area (Å²) in [5, 5.41) is 17.4. The number of carboxylic acid groups (broad SMARTS) is 1. The van der Waals surface area contributed by atoms with Crippen molar-refractivity contribution < 1.29 is 33.9 Å². The number of carbonyl (C=O) groups excluding carboxylic acids is 3. The van der Waals surface area contributed by atoms with Gasteiger partial charge in [0.25, 0.3) is 5.91 Å². The van der Waals surface area contributed by atoms with Crippen molar-refractivity contribution in [3.63, 3.8) is 0 Å². The molecule has 1 aromatic heterocycles. The number of thioether (sulfide) groups is 1. The maximum Gasteiger partial charge on any atom is 0.347 e. The second-order valence-electron chi connectivity index (χ2n) is 9.99. The summed E-state index contributed by atoms with van der Waals surface area (Å²) in [6, 6.07) is 17.4. The van der Waals surface area contributed by atoms with Crippen molar-refractivity contribution in [3.05, 3.63) is 93.4 Å². The third-order valence-electron chi connectivity index (χ3n) is 6.98. The van der Waals surface area contributed by atoms with Gasteiger partial charge in [0.2, 0.25) is 12.5 Å². The van der Waals surface area contributed by atoms with Gasteiger partial charge in [-0.15, -0.1) is 23.1 Å². The van der Waals surface area contributed by atoms with Crippen LogP contribution in [0.15, 0.2) is 81.8 Å². The number of β-lactam (4-membered cyclic amide) rings is 1. The molecule has 2 saturated heterocycles. The average molecular weight is 691 g/mol. The number of esters is 1. The Labute approximate surface area is 275 Å². The first-order chi connectivity index (χ1) is 21.6. The van der Waals surface area contributed by atoms with Crippen LogP contribution in [0.1, 0.15) is 22.9 Å². The number of hydrogen-bond donors (Lipinski definition) is 3. The number of amides is 2. The predicted molar refractivity (Wildman–Crippen MR) is 170 cm³/mol. The number of thiazole rings is 1. The van der Waals surface area contributed by atoms with Crippen LogP contribution < -0.4 is 11.1 Å². The number of anilines is 1. The Balaban J connectivity index is 1.26. The smallest absolute Gasteiger partial charge is 0.347 e. The van der Waals surface area contributed by atoms with Crippen molar-refractivity contribution in [1.82, 2.24) is 15.2 Å². The van der Waals surface area contributed by atoms with E-state index in [0.29, 0.717) is 0 Å². The number of nitrogens with zero attached hydrogens (tertiary/aromatic N) is 3. The van der Waals surface area contributed by atoms with Crippen LogP contribution in [0.3, 0.4) is 0 Å². The number of aromatic nitrogens is 1. The lowest BCUT2D eigenvalue weighted by Crippen LogP contribution is -2.73. The zero-order valence-corrected chi connectivity index (χ0v) is 26.3. The van der Waals surface area contributed by atoms with E-state index < -0.39 is 53.3 Å². The first-order valence-corrected chi connectivity index (χ1v) is 16.0. The molecule has 2 aliphatic rings. The van der Waals surface area contributed by atoms with Crippen molar-refractivity contribution in [2.45, 2.75) is 17.5 Å². The Morgan fingerprint density at radius 3 is 2.36 bits per heavy atom. The van der Waals surface area contributed by atoms with Gasteiger partial charge in [-0.3, -0.25) is 14.4 Å². The van der Waals surface area contributed by atoms with Gasteiger partial charge >= 0.3 is 11.9 Å².